The van der Waals surface area contributed by atoms with E-state index >= 15 is 0 Å². The molecule has 1 heterocycles. The fraction of sp³-hybridized carbons (Fsp3) is 0.467. The van der Waals surface area contributed by atoms with Gasteiger partial charge in [-0.25, -0.2) is 13.1 Å². The lowest BCUT2D eigenvalue weighted by atomic mass is 10.1. The van der Waals surface area contributed by atoms with Crippen LogP contribution in [0.25, 0.3) is 10.9 Å². The molecule has 4 N–H and O–H groups in total. The van der Waals surface area contributed by atoms with E-state index < -0.39 is 10.0 Å². The Morgan fingerprint density at radius 1 is 1.19 bits per heavy atom. The third kappa shape index (κ3) is 2.42. The van der Waals surface area contributed by atoms with Crippen LogP contribution in [-0.2, 0) is 10.0 Å². The van der Waals surface area contributed by atoms with Gasteiger partial charge in [0.25, 0.3) is 0 Å². The highest BCUT2D eigenvalue weighted by Crippen LogP contribution is 2.45. The van der Waals surface area contributed by atoms with Crippen LogP contribution in [0, 0.1) is 11.8 Å². The average molecular weight is 305 g/mol. The second-order valence-corrected chi connectivity index (χ2v) is 7.96. The van der Waals surface area contributed by atoms with E-state index in [2.05, 4.69) is 9.71 Å². The summed E-state index contributed by atoms with van der Waals surface area (Å²) in [6.45, 7) is 0. The number of aromatic nitrogens is 1. The van der Waals surface area contributed by atoms with Crippen molar-refractivity contribution < 1.29 is 8.42 Å². The SMILES string of the molecule is Nc1ccc2[nH]cc(S(=O)(=O)NC(C3CC3)C3CC3)c2c1. The molecule has 0 aliphatic heterocycles. The van der Waals surface area contributed by atoms with Gasteiger partial charge in [0.15, 0.2) is 0 Å². The summed E-state index contributed by atoms with van der Waals surface area (Å²) in [5.74, 6) is 1.06. The zero-order chi connectivity index (χ0) is 14.6. The summed E-state index contributed by atoms with van der Waals surface area (Å²) < 4.78 is 28.4. The van der Waals surface area contributed by atoms with Crippen molar-refractivity contribution in [1.82, 2.24) is 9.71 Å². The number of hydrogen-bond acceptors (Lipinski definition) is 3. The molecule has 0 amide bonds. The summed E-state index contributed by atoms with van der Waals surface area (Å²) in [5, 5.41) is 0.660. The lowest BCUT2D eigenvalue weighted by Crippen LogP contribution is -2.37. The summed E-state index contributed by atoms with van der Waals surface area (Å²) in [6.07, 6.45) is 6.13. The van der Waals surface area contributed by atoms with E-state index in [4.69, 9.17) is 5.73 Å². The Bertz CT molecular complexity index is 776. The number of anilines is 1. The van der Waals surface area contributed by atoms with Gasteiger partial charge in [-0.15, -0.1) is 0 Å². The van der Waals surface area contributed by atoms with Gasteiger partial charge in [0.1, 0.15) is 4.90 Å². The Morgan fingerprint density at radius 2 is 1.86 bits per heavy atom. The van der Waals surface area contributed by atoms with Gasteiger partial charge in [-0.1, -0.05) is 0 Å². The molecule has 0 atom stereocenters. The number of nitrogen functional groups attached to an aromatic ring is 1. The number of H-pyrrole nitrogens is 1. The van der Waals surface area contributed by atoms with Gasteiger partial charge in [-0.2, -0.15) is 0 Å². The number of nitrogens with one attached hydrogen (secondary N) is 2. The van der Waals surface area contributed by atoms with Gasteiger partial charge in [-0.3, -0.25) is 0 Å². The molecule has 5 nitrogen and oxygen atoms in total. The fourth-order valence-corrected chi connectivity index (χ4v) is 4.61. The molecule has 0 saturated heterocycles. The molecular weight excluding hydrogens is 286 g/mol. The van der Waals surface area contributed by atoms with Crippen LogP contribution in [0.1, 0.15) is 25.7 Å². The molecule has 2 aliphatic carbocycles. The number of aromatic amines is 1. The lowest BCUT2D eigenvalue weighted by molar-refractivity contribution is 0.471. The van der Waals surface area contributed by atoms with Gasteiger partial charge in [-0.05, 0) is 55.7 Å². The standard InChI is InChI=1S/C15H19N3O2S/c16-11-5-6-13-12(7-11)14(8-17-13)21(19,20)18-15(9-1-2-9)10-3-4-10/h5-10,15,17-18H,1-4,16H2. The molecule has 0 spiro atoms. The minimum Gasteiger partial charge on any atom is -0.399 e. The van der Waals surface area contributed by atoms with Crippen molar-refractivity contribution in [2.75, 3.05) is 5.73 Å². The summed E-state index contributed by atoms with van der Waals surface area (Å²) in [6, 6.07) is 5.40. The number of hydrogen-bond donors (Lipinski definition) is 3. The first-order valence-corrected chi connectivity index (χ1v) is 8.92. The van der Waals surface area contributed by atoms with Crippen LogP contribution in [-0.4, -0.2) is 19.4 Å². The molecule has 0 unspecified atom stereocenters. The first-order chi connectivity index (χ1) is 10.0. The number of rotatable bonds is 5. The summed E-state index contributed by atoms with van der Waals surface area (Å²) in [5.41, 5.74) is 7.14. The molecule has 2 fully saturated rings. The number of fused-ring (bicyclic) bond motifs is 1. The Hall–Kier alpha value is -1.53. The fourth-order valence-electron chi connectivity index (χ4n) is 3.07. The van der Waals surface area contributed by atoms with E-state index in [0.29, 0.717) is 27.8 Å². The molecule has 112 valence electrons. The normalized spacial score (nSPS) is 19.5. The molecule has 2 aromatic rings. The van der Waals surface area contributed by atoms with Gasteiger partial charge < -0.3 is 10.7 Å². The third-order valence-corrected chi connectivity index (χ3v) is 6.01. The quantitative estimate of drug-likeness (QED) is 0.740. The maximum absolute atomic E-state index is 12.7. The molecule has 21 heavy (non-hydrogen) atoms. The molecule has 4 rings (SSSR count). The highest BCUT2D eigenvalue weighted by atomic mass is 32.2. The topological polar surface area (TPSA) is 88.0 Å². The summed E-state index contributed by atoms with van der Waals surface area (Å²) >= 11 is 0. The maximum Gasteiger partial charge on any atom is 0.242 e. The first-order valence-electron chi connectivity index (χ1n) is 7.43. The van der Waals surface area contributed by atoms with E-state index in [1.54, 1.807) is 18.3 Å². The van der Waals surface area contributed by atoms with Crippen molar-refractivity contribution in [3.8, 4) is 0 Å². The van der Waals surface area contributed by atoms with Gasteiger partial charge in [0, 0.05) is 28.8 Å². The smallest absolute Gasteiger partial charge is 0.242 e. The van der Waals surface area contributed by atoms with E-state index in [-0.39, 0.29) is 6.04 Å². The van der Waals surface area contributed by atoms with Crippen LogP contribution in [0.15, 0.2) is 29.3 Å². The zero-order valence-electron chi connectivity index (χ0n) is 11.7. The van der Waals surface area contributed by atoms with E-state index in [1.807, 2.05) is 6.07 Å². The highest BCUT2D eigenvalue weighted by Gasteiger charge is 2.43. The largest absolute Gasteiger partial charge is 0.399 e. The predicted molar refractivity (Wildman–Crippen MR) is 82.3 cm³/mol. The van der Waals surface area contributed by atoms with Gasteiger partial charge in [0.2, 0.25) is 10.0 Å². The molecule has 2 saturated carbocycles. The van der Waals surface area contributed by atoms with Crippen molar-refractivity contribution in [3.05, 3.63) is 24.4 Å². The van der Waals surface area contributed by atoms with Gasteiger partial charge >= 0.3 is 0 Å². The van der Waals surface area contributed by atoms with E-state index in [9.17, 15) is 8.42 Å². The molecule has 0 radical (unpaired) electrons. The van der Waals surface area contributed by atoms with Gasteiger partial charge in [0.05, 0.1) is 0 Å². The lowest BCUT2D eigenvalue weighted by Gasteiger charge is -2.17. The monoisotopic (exact) mass is 305 g/mol. The minimum absolute atomic E-state index is 0.112. The van der Waals surface area contributed by atoms with Crippen LogP contribution in [0.5, 0.6) is 0 Å². The Kier molecular flexibility index (Phi) is 2.81. The molecule has 1 aromatic heterocycles. The first kappa shape index (κ1) is 13.2. The second kappa shape index (κ2) is 4.48. The molecule has 1 aromatic carbocycles. The third-order valence-electron chi connectivity index (χ3n) is 4.51. The molecule has 2 aliphatic rings. The number of sulfonamides is 1. The minimum atomic E-state index is -3.51. The van der Waals surface area contributed by atoms with Crippen molar-refractivity contribution >= 4 is 26.6 Å². The van der Waals surface area contributed by atoms with Crippen LogP contribution in [0.3, 0.4) is 0 Å². The van der Waals surface area contributed by atoms with Crippen molar-refractivity contribution in [1.29, 1.82) is 0 Å². The number of nitrogens with two attached hydrogens (primary N) is 1. The number of benzene rings is 1. The van der Waals surface area contributed by atoms with Crippen LogP contribution < -0.4 is 10.5 Å². The molecular formula is C15H19N3O2S. The Labute approximate surface area is 124 Å². The van der Waals surface area contributed by atoms with E-state index in [0.717, 1.165) is 31.2 Å². The summed E-state index contributed by atoms with van der Waals surface area (Å²) in [7, 11) is -3.51. The Morgan fingerprint density at radius 3 is 2.48 bits per heavy atom. The van der Waals surface area contributed by atoms with Crippen LogP contribution in [0.4, 0.5) is 5.69 Å². The van der Waals surface area contributed by atoms with Crippen molar-refractivity contribution in [2.24, 2.45) is 11.8 Å². The Balaban J connectivity index is 1.70. The zero-order valence-corrected chi connectivity index (χ0v) is 12.5. The van der Waals surface area contributed by atoms with E-state index in [1.165, 1.54) is 0 Å². The van der Waals surface area contributed by atoms with Crippen molar-refractivity contribution in [2.45, 2.75) is 36.6 Å². The molecule has 6 heteroatoms. The highest BCUT2D eigenvalue weighted by molar-refractivity contribution is 7.89. The maximum atomic E-state index is 12.7. The van der Waals surface area contributed by atoms with Crippen molar-refractivity contribution in [3.63, 3.8) is 0 Å². The average Bonchev–Trinajstić information content (AvgIpc) is 3.32. The van der Waals surface area contributed by atoms with Crippen LogP contribution >= 0.6 is 0 Å². The van der Waals surface area contributed by atoms with Crippen LogP contribution in [0.2, 0.25) is 0 Å². The second-order valence-electron chi connectivity index (χ2n) is 6.28. The summed E-state index contributed by atoms with van der Waals surface area (Å²) in [4.78, 5) is 3.31. The molecule has 0 bridgehead atoms. The predicted octanol–water partition coefficient (Wildman–Crippen LogP) is 2.22.